The molecule has 1 rings (SSSR count). The van der Waals surface area contributed by atoms with E-state index in [-0.39, 0.29) is 12.2 Å². The van der Waals surface area contributed by atoms with Gasteiger partial charge in [0.15, 0.2) is 6.29 Å². The van der Waals surface area contributed by atoms with E-state index in [4.69, 9.17) is 19.3 Å². The molecular formula is C12H22O5. The molecule has 0 aliphatic carbocycles. The summed E-state index contributed by atoms with van der Waals surface area (Å²) in [6.45, 7) is 3.92. The lowest BCUT2D eigenvalue weighted by molar-refractivity contribution is -0.169. The van der Waals surface area contributed by atoms with Crippen molar-refractivity contribution in [2.75, 3.05) is 26.4 Å². The van der Waals surface area contributed by atoms with Crippen molar-refractivity contribution in [2.45, 2.75) is 38.9 Å². The van der Waals surface area contributed by atoms with Gasteiger partial charge in [-0.2, -0.15) is 0 Å². The zero-order valence-electron chi connectivity index (χ0n) is 10.4. The van der Waals surface area contributed by atoms with Gasteiger partial charge in [0.2, 0.25) is 0 Å². The third-order valence-corrected chi connectivity index (χ3v) is 2.79. The molecule has 100 valence electrons. The van der Waals surface area contributed by atoms with Crippen molar-refractivity contribution in [1.82, 2.24) is 0 Å². The maximum atomic E-state index is 10.5. The summed E-state index contributed by atoms with van der Waals surface area (Å²) in [5.74, 6) is -1.13. The molecule has 0 radical (unpaired) electrons. The van der Waals surface area contributed by atoms with E-state index in [1.54, 1.807) is 6.92 Å². The van der Waals surface area contributed by atoms with E-state index in [0.717, 1.165) is 25.9 Å². The molecule has 5 nitrogen and oxygen atoms in total. The first-order chi connectivity index (χ1) is 8.20. The van der Waals surface area contributed by atoms with E-state index >= 15 is 0 Å². The van der Waals surface area contributed by atoms with Gasteiger partial charge in [-0.3, -0.25) is 4.79 Å². The molecule has 0 bridgehead atoms. The highest BCUT2D eigenvalue weighted by atomic mass is 16.7. The van der Waals surface area contributed by atoms with Crippen LogP contribution in [0.25, 0.3) is 0 Å². The molecule has 0 aromatic heterocycles. The Bertz CT molecular complexity index is 213. The van der Waals surface area contributed by atoms with Gasteiger partial charge in [-0.05, 0) is 25.7 Å². The van der Waals surface area contributed by atoms with Crippen LogP contribution < -0.4 is 0 Å². The molecule has 2 unspecified atom stereocenters. The van der Waals surface area contributed by atoms with Gasteiger partial charge in [0.1, 0.15) is 0 Å². The smallest absolute Gasteiger partial charge is 0.306 e. The van der Waals surface area contributed by atoms with E-state index in [9.17, 15) is 4.79 Å². The number of ether oxygens (including phenoxy) is 3. The molecule has 0 saturated carbocycles. The molecule has 17 heavy (non-hydrogen) atoms. The van der Waals surface area contributed by atoms with Crippen molar-refractivity contribution in [3.63, 3.8) is 0 Å². The van der Waals surface area contributed by atoms with Gasteiger partial charge in [-0.15, -0.1) is 0 Å². The van der Waals surface area contributed by atoms with Gasteiger partial charge in [-0.1, -0.05) is 6.92 Å². The van der Waals surface area contributed by atoms with E-state index in [2.05, 4.69) is 0 Å². The average Bonchev–Trinajstić information content (AvgIpc) is 2.34. The van der Waals surface area contributed by atoms with Crippen molar-refractivity contribution in [3.8, 4) is 0 Å². The van der Waals surface area contributed by atoms with Crippen molar-refractivity contribution >= 4 is 5.97 Å². The third-order valence-electron chi connectivity index (χ3n) is 2.79. The molecule has 1 saturated heterocycles. The Kier molecular flexibility index (Phi) is 7.16. The lowest BCUT2D eigenvalue weighted by Gasteiger charge is -2.22. The highest BCUT2D eigenvalue weighted by Crippen LogP contribution is 2.13. The number of carbonyl (C=O) groups is 1. The van der Waals surface area contributed by atoms with E-state index in [1.165, 1.54) is 0 Å². The fourth-order valence-corrected chi connectivity index (χ4v) is 1.57. The number of carboxylic acids is 1. The third kappa shape index (κ3) is 6.61. The second-order valence-electron chi connectivity index (χ2n) is 4.31. The Labute approximate surface area is 102 Å². The Morgan fingerprint density at radius 2 is 2.24 bits per heavy atom. The number of rotatable bonds is 8. The van der Waals surface area contributed by atoms with Crippen molar-refractivity contribution in [2.24, 2.45) is 5.92 Å². The number of hydrogen-bond acceptors (Lipinski definition) is 4. The minimum absolute atomic E-state index is 0.0784. The largest absolute Gasteiger partial charge is 0.481 e. The summed E-state index contributed by atoms with van der Waals surface area (Å²) in [6.07, 6.45) is 3.68. The zero-order chi connectivity index (χ0) is 12.5. The predicted molar refractivity (Wildman–Crippen MR) is 61.8 cm³/mol. The van der Waals surface area contributed by atoms with Crippen molar-refractivity contribution < 1.29 is 24.1 Å². The lowest BCUT2D eigenvalue weighted by atomic mass is 10.1. The van der Waals surface area contributed by atoms with E-state index < -0.39 is 5.97 Å². The van der Waals surface area contributed by atoms with Gasteiger partial charge in [-0.25, -0.2) is 0 Å². The van der Waals surface area contributed by atoms with Crippen LogP contribution in [-0.2, 0) is 19.0 Å². The summed E-state index contributed by atoms with van der Waals surface area (Å²) in [7, 11) is 0. The maximum Gasteiger partial charge on any atom is 0.306 e. The Hall–Kier alpha value is -0.650. The normalized spacial score (nSPS) is 22.3. The molecule has 2 atom stereocenters. The first-order valence-corrected chi connectivity index (χ1v) is 6.24. The quantitative estimate of drug-likeness (QED) is 0.660. The maximum absolute atomic E-state index is 10.5. The van der Waals surface area contributed by atoms with Crippen LogP contribution in [0.2, 0.25) is 0 Å². The van der Waals surface area contributed by atoms with E-state index in [1.807, 2.05) is 0 Å². The van der Waals surface area contributed by atoms with Crippen LogP contribution in [0, 0.1) is 5.92 Å². The lowest BCUT2D eigenvalue weighted by Crippen LogP contribution is -2.24. The van der Waals surface area contributed by atoms with Gasteiger partial charge in [0.05, 0.1) is 19.1 Å². The zero-order valence-corrected chi connectivity index (χ0v) is 10.4. The fourth-order valence-electron chi connectivity index (χ4n) is 1.57. The van der Waals surface area contributed by atoms with Crippen LogP contribution in [-0.4, -0.2) is 43.8 Å². The van der Waals surface area contributed by atoms with Gasteiger partial charge in [0, 0.05) is 13.2 Å². The standard InChI is InChI=1S/C12H22O5/c1-10(12(13)14)5-7-15-8-9-17-11-4-2-3-6-16-11/h10-11H,2-9H2,1H3,(H,13,14). The molecule has 0 aromatic carbocycles. The Morgan fingerprint density at radius 1 is 1.41 bits per heavy atom. The first-order valence-electron chi connectivity index (χ1n) is 6.24. The molecule has 0 spiro atoms. The molecule has 1 aliphatic heterocycles. The number of hydrogen-bond donors (Lipinski definition) is 1. The Morgan fingerprint density at radius 3 is 2.88 bits per heavy atom. The molecule has 0 amide bonds. The molecule has 1 heterocycles. The highest BCUT2D eigenvalue weighted by Gasteiger charge is 2.13. The van der Waals surface area contributed by atoms with Crippen molar-refractivity contribution in [3.05, 3.63) is 0 Å². The monoisotopic (exact) mass is 246 g/mol. The second kappa shape index (κ2) is 8.44. The highest BCUT2D eigenvalue weighted by molar-refractivity contribution is 5.69. The second-order valence-corrected chi connectivity index (χ2v) is 4.31. The van der Waals surface area contributed by atoms with E-state index in [0.29, 0.717) is 26.2 Å². The van der Waals surface area contributed by atoms with Crippen molar-refractivity contribution in [1.29, 1.82) is 0 Å². The van der Waals surface area contributed by atoms with Gasteiger partial charge < -0.3 is 19.3 Å². The molecule has 1 N–H and O–H groups in total. The van der Waals surface area contributed by atoms with Crippen LogP contribution in [0.5, 0.6) is 0 Å². The molecule has 0 aromatic rings. The first kappa shape index (κ1) is 14.4. The summed E-state index contributed by atoms with van der Waals surface area (Å²) >= 11 is 0. The fraction of sp³-hybridized carbons (Fsp3) is 0.917. The molecular weight excluding hydrogens is 224 g/mol. The van der Waals surface area contributed by atoms with Gasteiger partial charge >= 0.3 is 5.97 Å². The topological polar surface area (TPSA) is 65.0 Å². The summed E-state index contributed by atoms with van der Waals surface area (Å²) in [5, 5.41) is 8.66. The minimum Gasteiger partial charge on any atom is -0.481 e. The summed E-state index contributed by atoms with van der Waals surface area (Å²) in [4.78, 5) is 10.5. The molecule has 1 aliphatic rings. The van der Waals surface area contributed by atoms with Crippen LogP contribution in [0.15, 0.2) is 0 Å². The summed E-state index contributed by atoms with van der Waals surface area (Å²) in [6, 6.07) is 0. The minimum atomic E-state index is -0.777. The average molecular weight is 246 g/mol. The molecule has 1 fully saturated rings. The Balaban J connectivity index is 1.88. The SMILES string of the molecule is CC(CCOCCOC1CCCCO1)C(=O)O. The number of aliphatic carboxylic acids is 1. The summed E-state index contributed by atoms with van der Waals surface area (Å²) in [5.41, 5.74) is 0. The summed E-state index contributed by atoms with van der Waals surface area (Å²) < 4.78 is 16.2. The number of carboxylic acid groups (broad SMARTS) is 1. The predicted octanol–water partition coefficient (Wildman–Crippen LogP) is 1.66. The van der Waals surface area contributed by atoms with Crippen LogP contribution in [0.1, 0.15) is 32.6 Å². The molecule has 5 heteroatoms. The van der Waals surface area contributed by atoms with Crippen LogP contribution in [0.3, 0.4) is 0 Å². The van der Waals surface area contributed by atoms with Crippen LogP contribution >= 0.6 is 0 Å². The van der Waals surface area contributed by atoms with Gasteiger partial charge in [0.25, 0.3) is 0 Å². The van der Waals surface area contributed by atoms with Crippen LogP contribution in [0.4, 0.5) is 0 Å².